The van der Waals surface area contributed by atoms with E-state index in [9.17, 15) is 0 Å². The van der Waals surface area contributed by atoms with Crippen LogP contribution in [0.5, 0.6) is 0 Å². The highest BCUT2D eigenvalue weighted by Gasteiger charge is 2.19. The quantitative estimate of drug-likeness (QED) is 0.164. The Morgan fingerprint density at radius 2 is 0.831 bits per heavy atom. The Kier molecular flexibility index (Phi) is 7.47. The molecule has 0 unspecified atom stereocenters. The van der Waals surface area contributed by atoms with Gasteiger partial charge in [-0.25, -0.2) is 19.9 Å². The van der Waals surface area contributed by atoms with E-state index >= 15 is 0 Å². The fraction of sp³-hybridized carbons (Fsp3) is 0. The van der Waals surface area contributed by atoms with Crippen LogP contribution in [0.1, 0.15) is 0 Å². The summed E-state index contributed by atoms with van der Waals surface area (Å²) in [6, 6.07) is 67.6. The van der Waals surface area contributed by atoms with Crippen LogP contribution < -0.4 is 0 Å². The first kappa shape index (κ1) is 33.2. The summed E-state index contributed by atoms with van der Waals surface area (Å²) in [6.45, 7) is 0. The molecule has 0 spiro atoms. The minimum atomic E-state index is 0.606. The molecule has 0 saturated heterocycles. The van der Waals surface area contributed by atoms with Crippen LogP contribution in [0.15, 0.2) is 199 Å². The summed E-state index contributed by atoms with van der Waals surface area (Å²) in [6.07, 6.45) is 0. The van der Waals surface area contributed by atoms with Crippen molar-refractivity contribution in [2.24, 2.45) is 0 Å². The van der Waals surface area contributed by atoms with E-state index < -0.39 is 0 Å². The Hall–Kier alpha value is -8.02. The van der Waals surface area contributed by atoms with Gasteiger partial charge in [0.1, 0.15) is 5.52 Å². The van der Waals surface area contributed by atoms with Gasteiger partial charge in [-0.1, -0.05) is 170 Å². The third-order valence-corrected chi connectivity index (χ3v) is 11.5. The Morgan fingerprint density at radius 1 is 0.305 bits per heavy atom. The molecule has 0 atom stereocenters. The lowest BCUT2D eigenvalue weighted by Gasteiger charge is -2.14. The lowest BCUT2D eigenvalue weighted by atomic mass is 9.93. The molecule has 0 radical (unpaired) electrons. The van der Waals surface area contributed by atoms with Crippen LogP contribution in [-0.2, 0) is 0 Å². The van der Waals surface area contributed by atoms with Crippen LogP contribution in [-0.4, -0.2) is 19.9 Å². The molecule has 0 aliphatic carbocycles. The van der Waals surface area contributed by atoms with Crippen LogP contribution in [0.3, 0.4) is 0 Å². The average Bonchev–Trinajstić information content (AvgIpc) is 3.76. The maximum atomic E-state index is 6.63. The van der Waals surface area contributed by atoms with Gasteiger partial charge in [-0.15, -0.1) is 0 Å². The van der Waals surface area contributed by atoms with Crippen molar-refractivity contribution in [3.63, 3.8) is 0 Å². The number of oxazole rings is 1. The van der Waals surface area contributed by atoms with Crippen molar-refractivity contribution >= 4 is 65.0 Å². The van der Waals surface area contributed by atoms with E-state index in [-0.39, 0.29) is 0 Å². The van der Waals surface area contributed by atoms with Crippen molar-refractivity contribution in [2.45, 2.75) is 0 Å². The van der Waals surface area contributed by atoms with Crippen LogP contribution >= 0.6 is 0 Å². The molecule has 2 aromatic heterocycles. The van der Waals surface area contributed by atoms with E-state index in [0.717, 1.165) is 82.0 Å². The summed E-state index contributed by atoms with van der Waals surface area (Å²) in [4.78, 5) is 20.8. The molecule has 12 aromatic rings. The minimum absolute atomic E-state index is 0.606. The maximum Gasteiger partial charge on any atom is 0.227 e. The number of hydrogen-bond donors (Lipinski definition) is 0. The summed E-state index contributed by atoms with van der Waals surface area (Å²) in [5, 5.41) is 11.1. The van der Waals surface area contributed by atoms with Crippen molar-refractivity contribution < 1.29 is 4.42 Å². The number of hydrogen-bond acceptors (Lipinski definition) is 5. The highest BCUT2D eigenvalue weighted by molar-refractivity contribution is 6.27. The molecular weight excluding hydrogens is 721 g/mol. The second kappa shape index (κ2) is 13.3. The minimum Gasteiger partial charge on any atom is -0.435 e. The van der Waals surface area contributed by atoms with Gasteiger partial charge in [-0.05, 0) is 78.5 Å². The fourth-order valence-corrected chi connectivity index (χ4v) is 8.74. The molecule has 2 heterocycles. The Morgan fingerprint density at radius 3 is 1.61 bits per heavy atom. The summed E-state index contributed by atoms with van der Waals surface area (Å²) < 4.78 is 6.63. The van der Waals surface area contributed by atoms with E-state index in [1.165, 1.54) is 16.3 Å². The molecular formula is C54H32N4O. The smallest absolute Gasteiger partial charge is 0.227 e. The van der Waals surface area contributed by atoms with Gasteiger partial charge >= 0.3 is 0 Å². The summed E-state index contributed by atoms with van der Waals surface area (Å²) in [5.41, 5.74) is 7.60. The van der Waals surface area contributed by atoms with Gasteiger partial charge < -0.3 is 4.42 Å². The SMILES string of the molecule is c1ccc(-c2nc3ccc4ccc5ccc6c(-c7nc(-c8cccc(-c9cccc%10ccccc9%10)c8)nc(-c8cccc9ccccc89)n7)cccc6c5c4c3o2)cc1. The van der Waals surface area contributed by atoms with Gasteiger partial charge in [0, 0.05) is 33.0 Å². The highest BCUT2D eigenvalue weighted by Crippen LogP contribution is 2.41. The Labute approximate surface area is 338 Å². The third-order valence-electron chi connectivity index (χ3n) is 11.5. The number of benzene rings is 10. The van der Waals surface area contributed by atoms with Crippen LogP contribution in [0.25, 0.3) is 122 Å². The zero-order chi connectivity index (χ0) is 38.9. The van der Waals surface area contributed by atoms with Crippen LogP contribution in [0.2, 0.25) is 0 Å². The van der Waals surface area contributed by atoms with Gasteiger partial charge in [0.2, 0.25) is 5.89 Å². The first-order valence-corrected chi connectivity index (χ1v) is 19.8. The predicted octanol–water partition coefficient (Wildman–Crippen LogP) is 14.1. The molecule has 12 rings (SSSR count). The lowest BCUT2D eigenvalue weighted by molar-refractivity contribution is 0.623. The predicted molar refractivity (Wildman–Crippen MR) is 242 cm³/mol. The van der Waals surface area contributed by atoms with Crippen molar-refractivity contribution in [3.05, 3.63) is 194 Å². The molecule has 0 aliphatic heterocycles. The molecule has 0 N–H and O–H groups in total. The lowest BCUT2D eigenvalue weighted by Crippen LogP contribution is -2.01. The van der Waals surface area contributed by atoms with E-state index in [1.807, 2.05) is 36.4 Å². The summed E-state index contributed by atoms with van der Waals surface area (Å²) in [7, 11) is 0. The van der Waals surface area contributed by atoms with Gasteiger partial charge in [-0.3, -0.25) is 0 Å². The van der Waals surface area contributed by atoms with Gasteiger partial charge in [0.15, 0.2) is 23.1 Å². The number of nitrogens with zero attached hydrogens (tertiary/aromatic N) is 4. The number of aromatic nitrogens is 4. The normalized spacial score (nSPS) is 11.7. The first-order chi connectivity index (χ1) is 29.2. The molecule has 0 amide bonds. The second-order valence-electron chi connectivity index (χ2n) is 15.0. The largest absolute Gasteiger partial charge is 0.435 e. The second-order valence-corrected chi connectivity index (χ2v) is 15.0. The zero-order valence-corrected chi connectivity index (χ0v) is 31.7. The molecule has 274 valence electrons. The molecule has 5 heteroatoms. The summed E-state index contributed by atoms with van der Waals surface area (Å²) >= 11 is 0. The van der Waals surface area contributed by atoms with Gasteiger partial charge in [0.25, 0.3) is 0 Å². The molecule has 59 heavy (non-hydrogen) atoms. The average molecular weight is 753 g/mol. The molecule has 0 bridgehead atoms. The molecule has 0 fully saturated rings. The molecule has 5 nitrogen and oxygen atoms in total. The number of rotatable bonds is 5. The van der Waals surface area contributed by atoms with Crippen LogP contribution in [0, 0.1) is 0 Å². The topological polar surface area (TPSA) is 64.7 Å². The Balaban J connectivity index is 1.10. The Bertz CT molecular complexity index is 3620. The van der Waals surface area contributed by atoms with Crippen molar-refractivity contribution in [1.82, 2.24) is 19.9 Å². The molecule has 10 aromatic carbocycles. The first-order valence-electron chi connectivity index (χ1n) is 19.8. The van der Waals surface area contributed by atoms with Crippen molar-refractivity contribution in [2.75, 3.05) is 0 Å². The van der Waals surface area contributed by atoms with E-state index in [2.05, 4.69) is 158 Å². The highest BCUT2D eigenvalue weighted by atomic mass is 16.3. The van der Waals surface area contributed by atoms with Crippen molar-refractivity contribution in [1.29, 1.82) is 0 Å². The maximum absolute atomic E-state index is 6.63. The summed E-state index contributed by atoms with van der Waals surface area (Å²) in [5.74, 6) is 2.45. The fourth-order valence-electron chi connectivity index (χ4n) is 8.74. The van der Waals surface area contributed by atoms with Gasteiger partial charge in [-0.2, -0.15) is 0 Å². The number of fused-ring (bicyclic) bond motifs is 9. The van der Waals surface area contributed by atoms with Crippen molar-refractivity contribution in [3.8, 4) is 56.7 Å². The monoisotopic (exact) mass is 752 g/mol. The van der Waals surface area contributed by atoms with Crippen LogP contribution in [0.4, 0.5) is 0 Å². The van der Waals surface area contributed by atoms with E-state index in [1.54, 1.807) is 0 Å². The standard InChI is InChI=1S/C54H32N4O/c1-2-14-37(15-3-1)54-55-47-31-29-36-27-26-35-28-30-43-44(48(35)49(36)50(47)59-54)23-11-25-46(43)53-57-51(56-52(58-53)45-24-10-17-34-13-5-7-21-41(34)45)39-19-8-18-38(32-39)42-22-9-16-33-12-4-6-20-40(33)42/h1-32H. The third kappa shape index (κ3) is 5.47. The zero-order valence-electron chi connectivity index (χ0n) is 31.7. The van der Waals surface area contributed by atoms with E-state index in [0.29, 0.717) is 23.4 Å². The van der Waals surface area contributed by atoms with Gasteiger partial charge in [0.05, 0.1) is 0 Å². The molecule has 0 aliphatic rings. The van der Waals surface area contributed by atoms with E-state index in [4.69, 9.17) is 24.4 Å². The molecule has 0 saturated carbocycles.